The van der Waals surface area contributed by atoms with Crippen molar-refractivity contribution in [1.29, 1.82) is 0 Å². The highest BCUT2D eigenvalue weighted by Crippen LogP contribution is 2.18. The van der Waals surface area contributed by atoms with Gasteiger partial charge in [0.2, 0.25) is 0 Å². The zero-order valence-electron chi connectivity index (χ0n) is 6.96. The topological polar surface area (TPSA) is 48.9 Å². The van der Waals surface area contributed by atoms with Crippen LogP contribution in [-0.2, 0) is 6.42 Å². The molecular formula is C8H14N2O. The van der Waals surface area contributed by atoms with Crippen LogP contribution in [0.15, 0.2) is 12.4 Å². The molecule has 3 nitrogen and oxygen atoms in total. The van der Waals surface area contributed by atoms with E-state index < -0.39 is 0 Å². The zero-order valence-corrected chi connectivity index (χ0v) is 6.96. The predicted molar refractivity (Wildman–Crippen MR) is 43.2 cm³/mol. The number of nitrogens with zero attached hydrogens (tertiary/aromatic N) is 1. The number of aromatic amines is 1. The number of aromatic nitrogens is 2. The third kappa shape index (κ3) is 2.35. The Bertz CT molecular complexity index is 204. The van der Waals surface area contributed by atoms with Gasteiger partial charge in [0, 0.05) is 25.4 Å². The Balaban J connectivity index is 2.56. The first-order chi connectivity index (χ1) is 5.14. The molecule has 62 valence electrons. The summed E-state index contributed by atoms with van der Waals surface area (Å²) in [6, 6.07) is 0. The smallest absolute Gasteiger partial charge is 0.106 e. The molecule has 0 aliphatic rings. The number of imidazole rings is 1. The van der Waals surface area contributed by atoms with Gasteiger partial charge < -0.3 is 10.1 Å². The van der Waals surface area contributed by atoms with Crippen LogP contribution in [0, 0.1) is 5.41 Å². The standard InChI is InChI=1S/C8H14N2O/c1-8(2,6-11)5-7-9-3-4-10-7/h3-4,11H,5-6H2,1-2H3,(H,9,10). The van der Waals surface area contributed by atoms with Gasteiger partial charge >= 0.3 is 0 Å². The number of rotatable bonds is 3. The van der Waals surface area contributed by atoms with E-state index in [1.54, 1.807) is 12.4 Å². The second-order valence-electron chi connectivity index (χ2n) is 3.53. The summed E-state index contributed by atoms with van der Waals surface area (Å²) in [5, 5.41) is 8.95. The van der Waals surface area contributed by atoms with Crippen molar-refractivity contribution in [3.8, 4) is 0 Å². The molecule has 1 aromatic rings. The number of hydrogen-bond acceptors (Lipinski definition) is 2. The summed E-state index contributed by atoms with van der Waals surface area (Å²) in [6.45, 7) is 4.21. The maximum absolute atomic E-state index is 8.95. The van der Waals surface area contributed by atoms with E-state index in [9.17, 15) is 0 Å². The molecule has 0 bridgehead atoms. The molecule has 0 unspecified atom stereocenters. The summed E-state index contributed by atoms with van der Waals surface area (Å²) in [5.41, 5.74) is -0.0716. The van der Waals surface area contributed by atoms with E-state index in [2.05, 4.69) is 9.97 Å². The summed E-state index contributed by atoms with van der Waals surface area (Å²) >= 11 is 0. The molecule has 0 aliphatic heterocycles. The lowest BCUT2D eigenvalue weighted by Crippen LogP contribution is -2.20. The van der Waals surface area contributed by atoms with Crippen molar-refractivity contribution in [2.24, 2.45) is 5.41 Å². The van der Waals surface area contributed by atoms with Gasteiger partial charge in [0.15, 0.2) is 0 Å². The first-order valence-corrected chi connectivity index (χ1v) is 3.73. The average Bonchev–Trinajstić information content (AvgIpc) is 2.39. The number of hydrogen-bond donors (Lipinski definition) is 2. The number of H-pyrrole nitrogens is 1. The van der Waals surface area contributed by atoms with Crippen molar-refractivity contribution in [3.05, 3.63) is 18.2 Å². The maximum Gasteiger partial charge on any atom is 0.106 e. The van der Waals surface area contributed by atoms with Crippen molar-refractivity contribution in [2.45, 2.75) is 20.3 Å². The molecule has 0 amide bonds. The van der Waals surface area contributed by atoms with Gasteiger partial charge in [-0.05, 0) is 5.41 Å². The summed E-state index contributed by atoms with van der Waals surface area (Å²) in [6.07, 6.45) is 4.31. The minimum absolute atomic E-state index is 0.0716. The Morgan fingerprint density at radius 1 is 1.64 bits per heavy atom. The predicted octanol–water partition coefficient (Wildman–Crippen LogP) is 0.971. The van der Waals surface area contributed by atoms with Crippen molar-refractivity contribution in [2.75, 3.05) is 6.61 Å². The highest BCUT2D eigenvalue weighted by Gasteiger charge is 2.17. The SMILES string of the molecule is CC(C)(CO)Cc1ncc[nH]1. The molecule has 0 saturated carbocycles. The molecule has 0 aromatic carbocycles. The van der Waals surface area contributed by atoms with Crippen molar-refractivity contribution in [1.82, 2.24) is 9.97 Å². The molecule has 0 aliphatic carbocycles. The van der Waals surface area contributed by atoms with Crippen LogP contribution in [-0.4, -0.2) is 21.7 Å². The highest BCUT2D eigenvalue weighted by molar-refractivity contribution is 4.91. The fourth-order valence-electron chi connectivity index (χ4n) is 0.904. The summed E-state index contributed by atoms with van der Waals surface area (Å²) < 4.78 is 0. The monoisotopic (exact) mass is 154 g/mol. The molecular weight excluding hydrogens is 140 g/mol. The van der Waals surface area contributed by atoms with E-state index in [1.807, 2.05) is 13.8 Å². The minimum Gasteiger partial charge on any atom is -0.396 e. The molecule has 1 aromatic heterocycles. The second-order valence-corrected chi connectivity index (χ2v) is 3.53. The zero-order chi connectivity index (χ0) is 8.32. The van der Waals surface area contributed by atoms with Crippen LogP contribution in [0.2, 0.25) is 0 Å². The van der Waals surface area contributed by atoms with E-state index >= 15 is 0 Å². The fraction of sp³-hybridized carbons (Fsp3) is 0.625. The molecule has 0 atom stereocenters. The van der Waals surface area contributed by atoms with Crippen LogP contribution >= 0.6 is 0 Å². The van der Waals surface area contributed by atoms with Gasteiger partial charge in [0.1, 0.15) is 5.82 Å². The van der Waals surface area contributed by atoms with Gasteiger partial charge in [0.05, 0.1) is 0 Å². The van der Waals surface area contributed by atoms with Crippen LogP contribution < -0.4 is 0 Å². The normalized spacial score (nSPS) is 11.9. The molecule has 2 N–H and O–H groups in total. The van der Waals surface area contributed by atoms with E-state index in [1.165, 1.54) is 0 Å². The van der Waals surface area contributed by atoms with Gasteiger partial charge in [-0.25, -0.2) is 4.98 Å². The third-order valence-electron chi connectivity index (χ3n) is 1.63. The molecule has 1 rings (SSSR count). The molecule has 0 fully saturated rings. The van der Waals surface area contributed by atoms with Crippen LogP contribution in [0.5, 0.6) is 0 Å². The molecule has 3 heteroatoms. The number of aliphatic hydroxyl groups excluding tert-OH is 1. The molecule has 0 spiro atoms. The van der Waals surface area contributed by atoms with Crippen LogP contribution in [0.1, 0.15) is 19.7 Å². The first-order valence-electron chi connectivity index (χ1n) is 3.73. The van der Waals surface area contributed by atoms with Gasteiger partial charge in [-0.3, -0.25) is 0 Å². The third-order valence-corrected chi connectivity index (χ3v) is 1.63. The Kier molecular flexibility index (Phi) is 2.29. The summed E-state index contributed by atoms with van der Waals surface area (Å²) in [7, 11) is 0. The number of aliphatic hydroxyl groups is 1. The molecule has 0 saturated heterocycles. The second kappa shape index (κ2) is 3.05. The van der Waals surface area contributed by atoms with Gasteiger partial charge in [-0.15, -0.1) is 0 Å². The quantitative estimate of drug-likeness (QED) is 0.681. The molecule has 1 heterocycles. The van der Waals surface area contributed by atoms with E-state index in [4.69, 9.17) is 5.11 Å². The lowest BCUT2D eigenvalue weighted by atomic mass is 9.90. The van der Waals surface area contributed by atoms with Crippen LogP contribution in [0.3, 0.4) is 0 Å². The summed E-state index contributed by atoms with van der Waals surface area (Å²) in [5.74, 6) is 0.934. The number of nitrogens with one attached hydrogen (secondary N) is 1. The van der Waals surface area contributed by atoms with Crippen molar-refractivity contribution < 1.29 is 5.11 Å². The first kappa shape index (κ1) is 8.27. The van der Waals surface area contributed by atoms with E-state index in [0.717, 1.165) is 12.2 Å². The molecule has 11 heavy (non-hydrogen) atoms. The molecule has 0 radical (unpaired) electrons. The van der Waals surface area contributed by atoms with E-state index in [0.29, 0.717) is 0 Å². The van der Waals surface area contributed by atoms with Crippen molar-refractivity contribution >= 4 is 0 Å². The Morgan fingerprint density at radius 2 is 2.36 bits per heavy atom. The lowest BCUT2D eigenvalue weighted by Gasteiger charge is -2.19. The minimum atomic E-state index is -0.0716. The van der Waals surface area contributed by atoms with Crippen LogP contribution in [0.25, 0.3) is 0 Å². The van der Waals surface area contributed by atoms with E-state index in [-0.39, 0.29) is 12.0 Å². The van der Waals surface area contributed by atoms with Crippen molar-refractivity contribution in [3.63, 3.8) is 0 Å². The van der Waals surface area contributed by atoms with Gasteiger partial charge in [0.25, 0.3) is 0 Å². The Labute approximate surface area is 66.5 Å². The van der Waals surface area contributed by atoms with Gasteiger partial charge in [-0.2, -0.15) is 0 Å². The van der Waals surface area contributed by atoms with Gasteiger partial charge in [-0.1, -0.05) is 13.8 Å². The fourth-order valence-corrected chi connectivity index (χ4v) is 0.904. The Morgan fingerprint density at radius 3 is 2.82 bits per heavy atom. The largest absolute Gasteiger partial charge is 0.396 e. The maximum atomic E-state index is 8.95. The average molecular weight is 154 g/mol. The summed E-state index contributed by atoms with van der Waals surface area (Å²) in [4.78, 5) is 7.09. The lowest BCUT2D eigenvalue weighted by molar-refractivity contribution is 0.157. The van der Waals surface area contributed by atoms with Crippen LogP contribution in [0.4, 0.5) is 0 Å². The Hall–Kier alpha value is -0.830. The highest BCUT2D eigenvalue weighted by atomic mass is 16.3.